The lowest BCUT2D eigenvalue weighted by atomic mass is 10.1. The lowest BCUT2D eigenvalue weighted by Gasteiger charge is -2.18. The molecule has 0 aliphatic heterocycles. The Morgan fingerprint density at radius 1 is 0.931 bits per heavy atom. The minimum Gasteiger partial charge on any atom is -0.282 e. The van der Waals surface area contributed by atoms with E-state index in [1.54, 1.807) is 0 Å². The molecule has 2 N–H and O–H groups in total. The van der Waals surface area contributed by atoms with Crippen LogP contribution in [-0.2, 0) is 34.5 Å². The number of hydrogen-bond donors (Lipinski definition) is 2. The summed E-state index contributed by atoms with van der Waals surface area (Å²) in [7, 11) is -16.9. The number of halogens is 4. The molecule has 9 nitrogen and oxygen atoms in total. The van der Waals surface area contributed by atoms with E-state index in [0.717, 1.165) is 18.2 Å². The van der Waals surface area contributed by atoms with Crippen LogP contribution in [0.4, 0.5) is 17.6 Å². The molecule has 0 amide bonds. The van der Waals surface area contributed by atoms with E-state index >= 15 is 0 Å². The van der Waals surface area contributed by atoms with Crippen molar-refractivity contribution in [3.63, 3.8) is 0 Å². The Balaban J connectivity index is 2.94. The Hall–Kier alpha value is -1.85. The molecular weight excluding hydrogens is 472 g/mol. The molecule has 0 unspecified atom stereocenters. The number of benzene rings is 2. The van der Waals surface area contributed by atoms with E-state index in [2.05, 4.69) is 4.18 Å². The molecule has 0 saturated carbocycles. The highest BCUT2D eigenvalue weighted by molar-refractivity contribution is 7.91. The molecule has 162 valence electrons. The van der Waals surface area contributed by atoms with Crippen LogP contribution < -0.4 is 0 Å². The molecular formula is C13H10F4O9S3. The zero-order chi connectivity index (χ0) is 22.4. The summed E-state index contributed by atoms with van der Waals surface area (Å²) in [6.07, 6.45) is -4.33. The summed E-state index contributed by atoms with van der Waals surface area (Å²) >= 11 is 0. The Labute approximate surface area is 161 Å². The second kappa shape index (κ2) is 7.44. The third-order valence-corrected chi connectivity index (χ3v) is 6.86. The van der Waals surface area contributed by atoms with Crippen molar-refractivity contribution in [2.75, 3.05) is 6.61 Å². The van der Waals surface area contributed by atoms with E-state index in [4.69, 9.17) is 0 Å². The summed E-state index contributed by atoms with van der Waals surface area (Å²) in [5.41, 5.74) is 0. The van der Waals surface area contributed by atoms with Gasteiger partial charge in [0.1, 0.15) is 21.3 Å². The molecule has 0 bridgehead atoms. The fraction of sp³-hybridized carbons (Fsp3) is 0.231. The smallest absolute Gasteiger partial charge is 0.282 e. The predicted octanol–water partition coefficient (Wildman–Crippen LogP) is 1.94. The SMILES string of the molecule is O=S(=O)(O)c1cc2ccccc2c(S(=O)(=O)OCC(F)(F)C(F)F)c1S(=O)(=O)O. The van der Waals surface area contributed by atoms with Gasteiger partial charge in [-0.05, 0) is 11.5 Å². The van der Waals surface area contributed by atoms with Gasteiger partial charge in [-0.2, -0.15) is 34.0 Å². The second-order valence-corrected chi connectivity index (χ2v) is 9.78. The van der Waals surface area contributed by atoms with Crippen LogP contribution in [0.25, 0.3) is 10.8 Å². The van der Waals surface area contributed by atoms with Crippen molar-refractivity contribution in [1.82, 2.24) is 0 Å². The maximum absolute atomic E-state index is 13.1. The van der Waals surface area contributed by atoms with E-state index in [1.807, 2.05) is 0 Å². The first kappa shape index (κ1) is 23.4. The van der Waals surface area contributed by atoms with Crippen molar-refractivity contribution in [2.24, 2.45) is 0 Å². The van der Waals surface area contributed by atoms with E-state index in [0.29, 0.717) is 6.07 Å². The lowest BCUT2D eigenvalue weighted by molar-refractivity contribution is -0.147. The van der Waals surface area contributed by atoms with Crippen LogP contribution in [0, 0.1) is 0 Å². The van der Waals surface area contributed by atoms with Crippen molar-refractivity contribution >= 4 is 41.1 Å². The third kappa shape index (κ3) is 4.84. The van der Waals surface area contributed by atoms with Gasteiger partial charge in [-0.15, -0.1) is 0 Å². The Bertz CT molecular complexity index is 1270. The van der Waals surface area contributed by atoms with Crippen molar-refractivity contribution in [3.05, 3.63) is 30.3 Å². The minimum absolute atomic E-state index is 0.324. The molecule has 2 aromatic carbocycles. The molecule has 0 aliphatic rings. The molecule has 0 atom stereocenters. The second-order valence-electron chi connectivity index (χ2n) is 5.48. The molecule has 2 aromatic rings. The summed E-state index contributed by atoms with van der Waals surface area (Å²) in [4.78, 5) is -5.11. The summed E-state index contributed by atoms with van der Waals surface area (Å²) in [6, 6.07) is 4.84. The van der Waals surface area contributed by atoms with Gasteiger partial charge in [-0.25, -0.2) is 8.78 Å². The zero-order valence-electron chi connectivity index (χ0n) is 13.7. The largest absolute Gasteiger partial charge is 0.331 e. The Morgan fingerprint density at radius 2 is 1.48 bits per heavy atom. The van der Waals surface area contributed by atoms with Crippen LogP contribution in [0.1, 0.15) is 0 Å². The van der Waals surface area contributed by atoms with Crippen LogP contribution in [0.2, 0.25) is 0 Å². The van der Waals surface area contributed by atoms with Crippen molar-refractivity contribution in [2.45, 2.75) is 27.0 Å². The monoisotopic (exact) mass is 482 g/mol. The first-order valence-electron chi connectivity index (χ1n) is 7.04. The van der Waals surface area contributed by atoms with E-state index in [-0.39, 0.29) is 5.39 Å². The fourth-order valence-electron chi connectivity index (χ4n) is 2.23. The fourth-order valence-corrected chi connectivity index (χ4v) is 6.04. The Kier molecular flexibility index (Phi) is 6.01. The summed E-state index contributed by atoms with van der Waals surface area (Å²) in [6.45, 7) is -2.41. The minimum atomic E-state index is -5.73. The maximum atomic E-state index is 13.1. The van der Waals surface area contributed by atoms with Gasteiger partial charge >= 0.3 is 12.3 Å². The highest BCUT2D eigenvalue weighted by Gasteiger charge is 2.44. The lowest BCUT2D eigenvalue weighted by Crippen LogP contribution is -2.33. The number of alkyl halides is 4. The van der Waals surface area contributed by atoms with Gasteiger partial charge in [-0.3, -0.25) is 13.3 Å². The Morgan fingerprint density at radius 3 is 1.97 bits per heavy atom. The summed E-state index contributed by atoms with van der Waals surface area (Å²) in [5, 5.41) is -0.941. The van der Waals surface area contributed by atoms with E-state index < -0.39 is 69.4 Å². The van der Waals surface area contributed by atoms with Crippen LogP contribution in [0.15, 0.2) is 45.0 Å². The summed E-state index contributed by atoms with van der Waals surface area (Å²) < 4.78 is 144. The van der Waals surface area contributed by atoms with Crippen LogP contribution >= 0.6 is 0 Å². The van der Waals surface area contributed by atoms with Gasteiger partial charge in [0.15, 0.2) is 0 Å². The van der Waals surface area contributed by atoms with Crippen molar-refractivity contribution in [1.29, 1.82) is 0 Å². The van der Waals surface area contributed by atoms with Crippen LogP contribution in [-0.4, -0.2) is 53.3 Å². The number of fused-ring (bicyclic) bond motifs is 1. The average Bonchev–Trinajstić information content (AvgIpc) is 2.56. The first-order valence-corrected chi connectivity index (χ1v) is 11.3. The highest BCUT2D eigenvalue weighted by Crippen LogP contribution is 2.37. The number of rotatable bonds is 7. The molecule has 0 aromatic heterocycles. The average molecular weight is 482 g/mol. The van der Waals surface area contributed by atoms with Crippen LogP contribution in [0.5, 0.6) is 0 Å². The quantitative estimate of drug-likeness (QED) is 0.343. The predicted molar refractivity (Wildman–Crippen MR) is 87.7 cm³/mol. The molecule has 0 fully saturated rings. The van der Waals surface area contributed by atoms with Crippen molar-refractivity contribution < 1.29 is 56.1 Å². The molecule has 16 heteroatoms. The van der Waals surface area contributed by atoms with E-state index in [9.17, 15) is 51.9 Å². The molecule has 29 heavy (non-hydrogen) atoms. The number of hydrogen-bond acceptors (Lipinski definition) is 7. The van der Waals surface area contributed by atoms with Gasteiger partial charge in [0, 0.05) is 5.39 Å². The van der Waals surface area contributed by atoms with Gasteiger partial charge in [0.2, 0.25) is 0 Å². The normalized spacial score (nSPS) is 13.9. The standard InChI is InChI=1S/C13H10F4O9S3/c14-12(15)13(16,17)6-26-29(24,25)10-8-4-2-1-3-7(8)5-9(27(18,19)20)11(10)28(21,22)23/h1-5,12H,6H2,(H,18,19,20)(H,21,22,23). The molecule has 2 rings (SSSR count). The van der Waals surface area contributed by atoms with Gasteiger partial charge in [0.05, 0.1) is 0 Å². The van der Waals surface area contributed by atoms with E-state index in [1.165, 1.54) is 6.07 Å². The maximum Gasteiger partial charge on any atom is 0.331 e. The van der Waals surface area contributed by atoms with Crippen LogP contribution in [0.3, 0.4) is 0 Å². The molecule has 0 radical (unpaired) electrons. The topological polar surface area (TPSA) is 152 Å². The highest BCUT2D eigenvalue weighted by atomic mass is 32.2. The first-order chi connectivity index (χ1) is 13.0. The zero-order valence-corrected chi connectivity index (χ0v) is 16.1. The third-order valence-electron chi connectivity index (χ3n) is 3.43. The molecule has 0 spiro atoms. The molecule has 0 saturated heterocycles. The van der Waals surface area contributed by atoms with Crippen molar-refractivity contribution in [3.8, 4) is 0 Å². The molecule has 0 aliphatic carbocycles. The summed E-state index contributed by atoms with van der Waals surface area (Å²) in [5.74, 6) is -4.96. The van der Waals surface area contributed by atoms with Gasteiger partial charge < -0.3 is 0 Å². The molecule has 0 heterocycles. The van der Waals surface area contributed by atoms with Gasteiger partial charge in [0.25, 0.3) is 30.4 Å². The van der Waals surface area contributed by atoms with Gasteiger partial charge in [-0.1, -0.05) is 24.3 Å².